The van der Waals surface area contributed by atoms with E-state index in [9.17, 15) is 13.2 Å². The summed E-state index contributed by atoms with van der Waals surface area (Å²) in [5.74, 6) is 0. The molecule has 2 heterocycles. The maximum Gasteiger partial charge on any atom is 0.319 e. The molecule has 0 atom stereocenters. The standard InChI is InChI=1S/C15H21N3O4S/c1-23(20,21)18-7-4-11-2-3-13(10-14(11)18)17-15(19)16-12-5-8-22-9-6-12/h2-3,10,12H,4-9H2,1H3,(H2,16,17,19). The summed E-state index contributed by atoms with van der Waals surface area (Å²) in [7, 11) is -3.29. The molecule has 0 aromatic heterocycles. The predicted molar refractivity (Wildman–Crippen MR) is 88.3 cm³/mol. The van der Waals surface area contributed by atoms with E-state index in [1.165, 1.54) is 10.6 Å². The Morgan fingerprint density at radius 1 is 1.30 bits per heavy atom. The molecule has 0 unspecified atom stereocenters. The second-order valence-electron chi connectivity index (χ2n) is 5.91. The molecule has 2 amide bonds. The fourth-order valence-electron chi connectivity index (χ4n) is 2.97. The van der Waals surface area contributed by atoms with Gasteiger partial charge in [-0.15, -0.1) is 0 Å². The fraction of sp³-hybridized carbons (Fsp3) is 0.533. The van der Waals surface area contributed by atoms with Gasteiger partial charge in [-0.2, -0.15) is 0 Å². The average molecular weight is 339 g/mol. The van der Waals surface area contributed by atoms with Crippen molar-refractivity contribution in [2.45, 2.75) is 25.3 Å². The molecule has 0 bridgehead atoms. The fourth-order valence-corrected chi connectivity index (χ4v) is 3.92. The summed E-state index contributed by atoms with van der Waals surface area (Å²) in [5, 5.41) is 5.69. The number of urea groups is 1. The zero-order chi connectivity index (χ0) is 16.4. The Hall–Kier alpha value is -1.80. The van der Waals surface area contributed by atoms with Gasteiger partial charge in [0.1, 0.15) is 0 Å². The van der Waals surface area contributed by atoms with Gasteiger partial charge in [-0.25, -0.2) is 13.2 Å². The number of carbonyl (C=O) groups excluding carboxylic acids is 1. The van der Waals surface area contributed by atoms with Crippen LogP contribution in [0.3, 0.4) is 0 Å². The monoisotopic (exact) mass is 339 g/mol. The van der Waals surface area contributed by atoms with Gasteiger partial charge in [-0.3, -0.25) is 4.31 Å². The number of hydrogen-bond donors (Lipinski definition) is 2. The van der Waals surface area contributed by atoms with E-state index in [0.717, 1.165) is 18.4 Å². The second-order valence-corrected chi connectivity index (χ2v) is 7.82. The number of anilines is 2. The summed E-state index contributed by atoms with van der Waals surface area (Å²) >= 11 is 0. The van der Waals surface area contributed by atoms with Crippen molar-refractivity contribution in [3.05, 3.63) is 23.8 Å². The summed E-state index contributed by atoms with van der Waals surface area (Å²) in [6.07, 6.45) is 3.50. The van der Waals surface area contributed by atoms with E-state index in [1.807, 2.05) is 6.07 Å². The molecule has 1 aromatic rings. The summed E-state index contributed by atoms with van der Waals surface area (Å²) in [6, 6.07) is 5.22. The Labute approximate surface area is 136 Å². The van der Waals surface area contributed by atoms with Crippen LogP contribution in [0, 0.1) is 0 Å². The number of rotatable bonds is 3. The van der Waals surface area contributed by atoms with Crippen LogP contribution >= 0.6 is 0 Å². The van der Waals surface area contributed by atoms with Crippen molar-refractivity contribution in [1.29, 1.82) is 0 Å². The molecular formula is C15H21N3O4S. The smallest absolute Gasteiger partial charge is 0.319 e. The molecule has 0 aliphatic carbocycles. The van der Waals surface area contributed by atoms with Crippen molar-refractivity contribution in [3.8, 4) is 0 Å². The van der Waals surface area contributed by atoms with Crippen molar-refractivity contribution in [1.82, 2.24) is 5.32 Å². The van der Waals surface area contributed by atoms with Gasteiger partial charge >= 0.3 is 6.03 Å². The lowest BCUT2D eigenvalue weighted by atomic mass is 10.1. The van der Waals surface area contributed by atoms with Crippen LogP contribution in [0.5, 0.6) is 0 Å². The molecule has 0 radical (unpaired) electrons. The van der Waals surface area contributed by atoms with Crippen LogP contribution in [0.25, 0.3) is 0 Å². The second kappa shape index (κ2) is 6.37. The Balaban J connectivity index is 1.68. The number of fused-ring (bicyclic) bond motifs is 1. The summed E-state index contributed by atoms with van der Waals surface area (Å²) in [5.41, 5.74) is 2.21. The van der Waals surface area contributed by atoms with Crippen LogP contribution in [-0.2, 0) is 21.2 Å². The van der Waals surface area contributed by atoms with Gasteiger partial charge in [0, 0.05) is 31.5 Å². The number of benzene rings is 1. The van der Waals surface area contributed by atoms with E-state index in [-0.39, 0.29) is 12.1 Å². The van der Waals surface area contributed by atoms with Crippen LogP contribution in [0.4, 0.5) is 16.2 Å². The van der Waals surface area contributed by atoms with E-state index < -0.39 is 10.0 Å². The number of carbonyl (C=O) groups is 1. The first kappa shape index (κ1) is 16.1. The zero-order valence-electron chi connectivity index (χ0n) is 13.0. The highest BCUT2D eigenvalue weighted by atomic mass is 32.2. The van der Waals surface area contributed by atoms with Crippen LogP contribution in [0.15, 0.2) is 18.2 Å². The number of ether oxygens (including phenoxy) is 1. The predicted octanol–water partition coefficient (Wildman–Crippen LogP) is 1.31. The molecule has 1 aromatic carbocycles. The molecule has 7 nitrogen and oxygen atoms in total. The normalized spacial score (nSPS) is 18.6. The maximum absolute atomic E-state index is 12.1. The van der Waals surface area contributed by atoms with Crippen molar-refractivity contribution < 1.29 is 17.9 Å². The van der Waals surface area contributed by atoms with Gasteiger partial charge in [0.25, 0.3) is 0 Å². The van der Waals surface area contributed by atoms with Crippen LogP contribution in [0.1, 0.15) is 18.4 Å². The molecule has 23 heavy (non-hydrogen) atoms. The topological polar surface area (TPSA) is 87.7 Å². The Bertz CT molecular complexity index is 699. The lowest BCUT2D eigenvalue weighted by Crippen LogP contribution is -2.41. The van der Waals surface area contributed by atoms with E-state index >= 15 is 0 Å². The lowest BCUT2D eigenvalue weighted by Gasteiger charge is -2.23. The SMILES string of the molecule is CS(=O)(=O)N1CCc2ccc(NC(=O)NC3CCOCC3)cc21. The highest BCUT2D eigenvalue weighted by Gasteiger charge is 2.26. The first-order valence-corrected chi connectivity index (χ1v) is 9.54. The van der Waals surface area contributed by atoms with Gasteiger partial charge in [-0.1, -0.05) is 6.07 Å². The van der Waals surface area contributed by atoms with Crippen molar-refractivity contribution in [2.24, 2.45) is 0 Å². The third-order valence-corrected chi connectivity index (χ3v) is 5.33. The number of nitrogens with zero attached hydrogens (tertiary/aromatic N) is 1. The van der Waals surface area contributed by atoms with Crippen molar-refractivity contribution >= 4 is 27.4 Å². The molecule has 1 fully saturated rings. The number of sulfonamides is 1. The Morgan fingerprint density at radius 3 is 2.74 bits per heavy atom. The lowest BCUT2D eigenvalue weighted by molar-refractivity contribution is 0.0806. The van der Waals surface area contributed by atoms with Crippen molar-refractivity contribution in [2.75, 3.05) is 35.6 Å². The third-order valence-electron chi connectivity index (χ3n) is 4.15. The van der Waals surface area contributed by atoms with Gasteiger partial charge < -0.3 is 15.4 Å². The van der Waals surface area contributed by atoms with E-state index in [2.05, 4.69) is 10.6 Å². The minimum absolute atomic E-state index is 0.116. The number of amides is 2. The minimum Gasteiger partial charge on any atom is -0.381 e. The molecule has 2 aliphatic heterocycles. The molecular weight excluding hydrogens is 318 g/mol. The number of nitrogens with one attached hydrogen (secondary N) is 2. The number of hydrogen-bond acceptors (Lipinski definition) is 4. The molecule has 0 saturated carbocycles. The van der Waals surface area contributed by atoms with E-state index in [0.29, 0.717) is 37.6 Å². The van der Waals surface area contributed by atoms with Crippen molar-refractivity contribution in [3.63, 3.8) is 0 Å². The summed E-state index contributed by atoms with van der Waals surface area (Å²) in [4.78, 5) is 12.1. The molecule has 2 aliphatic rings. The first-order chi connectivity index (χ1) is 10.9. The Morgan fingerprint density at radius 2 is 2.04 bits per heavy atom. The van der Waals surface area contributed by atoms with Crippen LogP contribution in [0.2, 0.25) is 0 Å². The third kappa shape index (κ3) is 3.76. The first-order valence-electron chi connectivity index (χ1n) is 7.69. The van der Waals surface area contributed by atoms with E-state index in [1.54, 1.807) is 12.1 Å². The molecule has 0 spiro atoms. The van der Waals surface area contributed by atoms with Gasteiger partial charge in [0.15, 0.2) is 0 Å². The largest absolute Gasteiger partial charge is 0.381 e. The van der Waals surface area contributed by atoms with E-state index in [4.69, 9.17) is 4.74 Å². The molecule has 8 heteroatoms. The highest BCUT2D eigenvalue weighted by molar-refractivity contribution is 7.92. The molecule has 1 saturated heterocycles. The van der Waals surface area contributed by atoms with Gasteiger partial charge in [0.05, 0.1) is 11.9 Å². The summed E-state index contributed by atoms with van der Waals surface area (Å²) < 4.78 is 30.3. The summed E-state index contributed by atoms with van der Waals surface area (Å²) in [6.45, 7) is 1.77. The molecule has 126 valence electrons. The average Bonchev–Trinajstić information content (AvgIpc) is 2.91. The minimum atomic E-state index is -3.29. The molecule has 3 rings (SSSR count). The quantitative estimate of drug-likeness (QED) is 0.869. The van der Waals surface area contributed by atoms with Gasteiger partial charge in [-0.05, 0) is 37.0 Å². The zero-order valence-corrected chi connectivity index (χ0v) is 13.9. The Kier molecular flexibility index (Phi) is 4.45. The highest BCUT2D eigenvalue weighted by Crippen LogP contribution is 2.32. The van der Waals surface area contributed by atoms with Crippen LogP contribution in [-0.4, -0.2) is 46.5 Å². The molecule has 2 N–H and O–H groups in total. The van der Waals surface area contributed by atoms with Crippen LogP contribution < -0.4 is 14.9 Å². The maximum atomic E-state index is 12.1. The van der Waals surface area contributed by atoms with Gasteiger partial charge in [0.2, 0.25) is 10.0 Å².